The quantitative estimate of drug-likeness (QED) is 0.628. The Bertz CT molecular complexity index is 743. The van der Waals surface area contributed by atoms with E-state index in [-0.39, 0.29) is 5.91 Å². The van der Waals surface area contributed by atoms with Crippen LogP contribution >= 0.6 is 23.1 Å². The number of fused-ring (bicyclic) bond motifs is 3. The number of hydrogen-bond acceptors (Lipinski definition) is 5. The molecule has 1 aliphatic carbocycles. The van der Waals surface area contributed by atoms with Crippen LogP contribution in [0.25, 0.3) is 10.2 Å². The second-order valence-electron chi connectivity index (χ2n) is 6.44. The lowest BCUT2D eigenvalue weighted by Gasteiger charge is -2.33. The third-order valence-electron chi connectivity index (χ3n) is 4.92. The average Bonchev–Trinajstić information content (AvgIpc) is 3.13. The fourth-order valence-electron chi connectivity index (χ4n) is 3.69. The molecule has 23 heavy (non-hydrogen) atoms. The summed E-state index contributed by atoms with van der Waals surface area (Å²) in [7, 11) is 0. The van der Waals surface area contributed by atoms with E-state index >= 15 is 0 Å². The van der Waals surface area contributed by atoms with Crippen LogP contribution in [0.3, 0.4) is 0 Å². The van der Waals surface area contributed by atoms with Gasteiger partial charge >= 0.3 is 0 Å². The number of amides is 1. The summed E-state index contributed by atoms with van der Waals surface area (Å²) in [5.74, 6) is 0.738. The zero-order valence-corrected chi connectivity index (χ0v) is 15.0. The number of aryl methyl sites for hydroxylation is 2. The third kappa shape index (κ3) is 2.87. The molecule has 1 amide bonds. The maximum atomic E-state index is 12.6. The summed E-state index contributed by atoms with van der Waals surface area (Å²) in [5.41, 5.74) is 1.44. The van der Waals surface area contributed by atoms with E-state index in [1.54, 1.807) is 29.4 Å². The first-order valence-corrected chi connectivity index (χ1v) is 10.2. The van der Waals surface area contributed by atoms with Crippen molar-refractivity contribution in [1.29, 1.82) is 0 Å². The maximum Gasteiger partial charge on any atom is 0.233 e. The van der Waals surface area contributed by atoms with Crippen molar-refractivity contribution >= 4 is 39.2 Å². The number of rotatable bonds is 3. The molecule has 1 saturated heterocycles. The summed E-state index contributed by atoms with van der Waals surface area (Å²) in [5, 5.41) is 2.21. The highest BCUT2D eigenvalue weighted by atomic mass is 32.2. The largest absolute Gasteiger partial charge is 0.339 e. The van der Waals surface area contributed by atoms with Gasteiger partial charge in [0.25, 0.3) is 0 Å². The highest BCUT2D eigenvalue weighted by molar-refractivity contribution is 8.00. The molecule has 1 unspecified atom stereocenters. The van der Waals surface area contributed by atoms with Crippen molar-refractivity contribution in [3.05, 3.63) is 16.8 Å². The van der Waals surface area contributed by atoms with Crippen LogP contribution in [0, 0.1) is 0 Å². The van der Waals surface area contributed by atoms with Crippen LogP contribution in [0.5, 0.6) is 0 Å². The van der Waals surface area contributed by atoms with Crippen molar-refractivity contribution in [1.82, 2.24) is 14.9 Å². The lowest BCUT2D eigenvalue weighted by Crippen LogP contribution is -2.42. The summed E-state index contributed by atoms with van der Waals surface area (Å²) in [6, 6.07) is 0.382. The number of nitrogens with zero attached hydrogens (tertiary/aromatic N) is 3. The van der Waals surface area contributed by atoms with Crippen molar-refractivity contribution in [2.24, 2.45) is 0 Å². The van der Waals surface area contributed by atoms with E-state index in [1.807, 2.05) is 4.90 Å². The van der Waals surface area contributed by atoms with Gasteiger partial charge in [-0.2, -0.15) is 0 Å². The number of piperidine rings is 1. The summed E-state index contributed by atoms with van der Waals surface area (Å²) >= 11 is 3.39. The summed E-state index contributed by atoms with van der Waals surface area (Å²) < 4.78 is 0. The molecular formula is C17H21N3OS2. The molecule has 0 N–H and O–H groups in total. The Morgan fingerprint density at radius 3 is 3.13 bits per heavy atom. The molecule has 4 nitrogen and oxygen atoms in total. The lowest BCUT2D eigenvalue weighted by molar-refractivity contribution is -0.131. The van der Waals surface area contributed by atoms with E-state index < -0.39 is 0 Å². The number of hydrogen-bond donors (Lipinski definition) is 0. The van der Waals surface area contributed by atoms with Crippen LogP contribution in [-0.4, -0.2) is 39.1 Å². The van der Waals surface area contributed by atoms with Gasteiger partial charge in [0.1, 0.15) is 16.2 Å². The molecule has 1 fully saturated rings. The highest BCUT2D eigenvalue weighted by Crippen LogP contribution is 2.40. The lowest BCUT2D eigenvalue weighted by atomic mass is 10.0. The Balaban J connectivity index is 1.53. The van der Waals surface area contributed by atoms with E-state index in [2.05, 4.69) is 16.9 Å². The Kier molecular flexibility index (Phi) is 4.28. The van der Waals surface area contributed by atoms with Crippen molar-refractivity contribution < 1.29 is 4.79 Å². The summed E-state index contributed by atoms with van der Waals surface area (Å²) in [6.07, 6.45) is 8.69. The minimum atomic E-state index is 0.251. The third-order valence-corrected chi connectivity index (χ3v) is 7.10. The molecule has 0 saturated carbocycles. The van der Waals surface area contributed by atoms with Gasteiger partial charge in [-0.15, -0.1) is 11.3 Å². The van der Waals surface area contributed by atoms with Gasteiger partial charge in [0.05, 0.1) is 5.75 Å². The van der Waals surface area contributed by atoms with Gasteiger partial charge in [-0.1, -0.05) is 11.8 Å². The van der Waals surface area contributed by atoms with Gasteiger partial charge in [0, 0.05) is 22.8 Å². The van der Waals surface area contributed by atoms with Crippen LogP contribution in [0.15, 0.2) is 11.4 Å². The molecule has 0 spiro atoms. The SMILES string of the molecule is CC1CCCCN1C(=O)CSc1ncnc2sc3c(c12)CCC3. The van der Waals surface area contributed by atoms with Crippen LogP contribution in [-0.2, 0) is 17.6 Å². The minimum absolute atomic E-state index is 0.251. The van der Waals surface area contributed by atoms with Gasteiger partial charge < -0.3 is 4.90 Å². The average molecular weight is 348 g/mol. The molecule has 0 bridgehead atoms. The molecule has 0 aromatic carbocycles. The van der Waals surface area contributed by atoms with Crippen molar-refractivity contribution in [2.45, 2.75) is 56.5 Å². The van der Waals surface area contributed by atoms with Gasteiger partial charge in [0.2, 0.25) is 5.91 Å². The second-order valence-corrected chi connectivity index (χ2v) is 8.48. The number of carbonyl (C=O) groups excluding carboxylic acids is 1. The fourth-order valence-corrected chi connectivity index (χ4v) is 5.90. The molecule has 122 valence electrons. The van der Waals surface area contributed by atoms with Gasteiger partial charge in [0.15, 0.2) is 0 Å². The van der Waals surface area contributed by atoms with Gasteiger partial charge in [-0.05, 0) is 51.0 Å². The van der Waals surface area contributed by atoms with Crippen LogP contribution in [0.2, 0.25) is 0 Å². The molecule has 6 heteroatoms. The topological polar surface area (TPSA) is 46.1 Å². The molecule has 1 aliphatic heterocycles. The van der Waals surface area contributed by atoms with E-state index in [4.69, 9.17) is 0 Å². The fraction of sp³-hybridized carbons (Fsp3) is 0.588. The Morgan fingerprint density at radius 1 is 1.35 bits per heavy atom. The van der Waals surface area contributed by atoms with Crippen LogP contribution < -0.4 is 0 Å². The minimum Gasteiger partial charge on any atom is -0.339 e. The van der Waals surface area contributed by atoms with Crippen molar-refractivity contribution in [3.63, 3.8) is 0 Å². The molecule has 3 heterocycles. The highest BCUT2D eigenvalue weighted by Gasteiger charge is 2.25. The number of carbonyl (C=O) groups is 1. The monoisotopic (exact) mass is 347 g/mol. The van der Waals surface area contributed by atoms with Crippen LogP contribution in [0.4, 0.5) is 0 Å². The van der Waals surface area contributed by atoms with Crippen molar-refractivity contribution in [3.8, 4) is 0 Å². The molecule has 4 rings (SSSR count). The predicted octanol–water partition coefficient (Wildman–Crippen LogP) is 3.67. The number of thioether (sulfide) groups is 1. The Hall–Kier alpha value is -1.14. The molecular weight excluding hydrogens is 326 g/mol. The first-order chi connectivity index (χ1) is 11.2. The molecule has 2 aromatic rings. The number of likely N-dealkylation sites (tertiary alicyclic amines) is 1. The number of aromatic nitrogens is 2. The second kappa shape index (κ2) is 6.40. The molecule has 1 atom stereocenters. The summed E-state index contributed by atoms with van der Waals surface area (Å²) in [6.45, 7) is 3.07. The first-order valence-electron chi connectivity index (χ1n) is 8.41. The van der Waals surface area contributed by atoms with E-state index in [0.717, 1.165) is 35.7 Å². The van der Waals surface area contributed by atoms with Crippen molar-refractivity contribution in [2.75, 3.05) is 12.3 Å². The molecule has 2 aliphatic rings. The zero-order chi connectivity index (χ0) is 15.8. The summed E-state index contributed by atoms with van der Waals surface area (Å²) in [4.78, 5) is 26.1. The smallest absolute Gasteiger partial charge is 0.233 e. The van der Waals surface area contributed by atoms with Gasteiger partial charge in [-0.3, -0.25) is 4.79 Å². The standard InChI is InChI=1S/C17H21N3OS2/c1-11-5-2-3-8-20(11)14(21)9-22-16-15-12-6-4-7-13(12)23-17(15)19-10-18-16/h10-11H,2-9H2,1H3. The molecule has 0 radical (unpaired) electrons. The van der Waals surface area contributed by atoms with Crippen LogP contribution in [0.1, 0.15) is 43.0 Å². The Labute approximate surface area is 144 Å². The van der Waals surface area contributed by atoms with E-state index in [9.17, 15) is 4.79 Å². The normalized spacial score (nSPS) is 20.9. The molecule has 2 aromatic heterocycles. The first kappa shape index (κ1) is 15.4. The predicted molar refractivity (Wildman–Crippen MR) is 95.2 cm³/mol. The Morgan fingerprint density at radius 2 is 2.26 bits per heavy atom. The van der Waals surface area contributed by atoms with E-state index in [0.29, 0.717) is 11.8 Å². The maximum absolute atomic E-state index is 12.6. The number of thiophene rings is 1. The zero-order valence-electron chi connectivity index (χ0n) is 13.4. The van der Waals surface area contributed by atoms with E-state index in [1.165, 1.54) is 35.1 Å². The van der Waals surface area contributed by atoms with Gasteiger partial charge in [-0.25, -0.2) is 9.97 Å².